The predicted octanol–water partition coefficient (Wildman–Crippen LogP) is 1.33. The third kappa shape index (κ3) is 3.01. The van der Waals surface area contributed by atoms with Gasteiger partial charge in [-0.05, 0) is 12.8 Å². The summed E-state index contributed by atoms with van der Waals surface area (Å²) in [5, 5.41) is 12.9. The van der Waals surface area contributed by atoms with E-state index in [1.807, 2.05) is 0 Å². The van der Waals surface area contributed by atoms with Crippen LogP contribution < -0.4 is 5.43 Å². The molecule has 1 fully saturated rings. The highest BCUT2D eigenvalue weighted by molar-refractivity contribution is 7.11. The van der Waals surface area contributed by atoms with Crippen LogP contribution >= 0.6 is 11.3 Å². The first-order valence-corrected chi connectivity index (χ1v) is 6.30. The molecule has 5 nitrogen and oxygen atoms in total. The molecular formula is C10H15N3O2S. The van der Waals surface area contributed by atoms with Crippen molar-refractivity contribution in [1.82, 2.24) is 15.4 Å². The van der Waals surface area contributed by atoms with E-state index in [0.29, 0.717) is 6.54 Å². The van der Waals surface area contributed by atoms with Crippen LogP contribution in [-0.4, -0.2) is 34.2 Å². The molecule has 0 spiro atoms. The van der Waals surface area contributed by atoms with E-state index >= 15 is 0 Å². The largest absolute Gasteiger partial charge is 0.476 e. The fraction of sp³-hybridized carbons (Fsp3) is 0.600. The van der Waals surface area contributed by atoms with Gasteiger partial charge >= 0.3 is 5.97 Å². The highest BCUT2D eigenvalue weighted by Crippen LogP contribution is 2.10. The van der Waals surface area contributed by atoms with Crippen LogP contribution in [0.1, 0.15) is 34.8 Å². The average Bonchev–Trinajstić information content (AvgIpc) is 2.76. The number of aromatic carboxylic acids is 1. The van der Waals surface area contributed by atoms with Gasteiger partial charge in [0.05, 0.1) is 12.2 Å². The first-order chi connectivity index (χ1) is 7.75. The van der Waals surface area contributed by atoms with Crippen molar-refractivity contribution in [2.75, 3.05) is 13.1 Å². The Hall–Kier alpha value is -0.980. The fourth-order valence-corrected chi connectivity index (χ4v) is 2.39. The average molecular weight is 241 g/mol. The van der Waals surface area contributed by atoms with E-state index < -0.39 is 5.97 Å². The molecule has 2 rings (SSSR count). The molecule has 1 aromatic rings. The van der Waals surface area contributed by atoms with Crippen molar-refractivity contribution in [3.8, 4) is 0 Å². The van der Waals surface area contributed by atoms with Crippen LogP contribution in [0.4, 0.5) is 0 Å². The van der Waals surface area contributed by atoms with Gasteiger partial charge in [0.1, 0.15) is 0 Å². The number of carbonyl (C=O) groups is 1. The number of hydrogen-bond acceptors (Lipinski definition) is 5. The monoisotopic (exact) mass is 241 g/mol. The highest BCUT2D eigenvalue weighted by atomic mass is 32.1. The van der Waals surface area contributed by atoms with Crippen molar-refractivity contribution in [3.05, 3.63) is 16.1 Å². The Kier molecular flexibility index (Phi) is 3.87. The van der Waals surface area contributed by atoms with E-state index in [0.717, 1.165) is 18.8 Å². The third-order valence-electron chi connectivity index (χ3n) is 2.57. The zero-order valence-electron chi connectivity index (χ0n) is 8.98. The summed E-state index contributed by atoms with van der Waals surface area (Å²) in [7, 11) is 0. The number of carboxylic acid groups (broad SMARTS) is 1. The summed E-state index contributed by atoms with van der Waals surface area (Å²) in [6.07, 6.45) is 3.76. The molecular weight excluding hydrogens is 226 g/mol. The lowest BCUT2D eigenvalue weighted by Crippen LogP contribution is -2.41. The van der Waals surface area contributed by atoms with Crippen molar-refractivity contribution < 1.29 is 9.90 Å². The van der Waals surface area contributed by atoms with Crippen molar-refractivity contribution >= 4 is 17.3 Å². The summed E-state index contributed by atoms with van der Waals surface area (Å²) in [5.41, 5.74) is 4.07. The Labute approximate surface area is 98.1 Å². The van der Waals surface area contributed by atoms with Gasteiger partial charge in [0.15, 0.2) is 0 Å². The number of aromatic nitrogens is 1. The molecule has 0 unspecified atom stereocenters. The number of piperidine rings is 1. The van der Waals surface area contributed by atoms with Crippen LogP contribution in [0.2, 0.25) is 0 Å². The van der Waals surface area contributed by atoms with Crippen molar-refractivity contribution in [3.63, 3.8) is 0 Å². The molecule has 16 heavy (non-hydrogen) atoms. The molecule has 0 atom stereocenters. The van der Waals surface area contributed by atoms with Gasteiger partial charge in [0, 0.05) is 18.5 Å². The van der Waals surface area contributed by atoms with Crippen molar-refractivity contribution in [1.29, 1.82) is 0 Å². The van der Waals surface area contributed by atoms with Gasteiger partial charge in [0.2, 0.25) is 5.01 Å². The van der Waals surface area contributed by atoms with Gasteiger partial charge < -0.3 is 5.11 Å². The zero-order valence-corrected chi connectivity index (χ0v) is 9.79. The SMILES string of the molecule is O=C(O)c1nc(CNN2CCCCC2)cs1. The molecule has 0 bridgehead atoms. The van der Waals surface area contributed by atoms with E-state index in [1.165, 1.54) is 30.6 Å². The standard InChI is InChI=1S/C10H15N3O2S/c14-10(15)9-12-8(7-16-9)6-11-13-4-2-1-3-5-13/h7,11H,1-6H2,(H,14,15). The van der Waals surface area contributed by atoms with Gasteiger partial charge in [0.25, 0.3) is 0 Å². The molecule has 0 saturated carbocycles. The number of carboxylic acids is 1. The maximum absolute atomic E-state index is 10.6. The third-order valence-corrected chi connectivity index (χ3v) is 3.45. The lowest BCUT2D eigenvalue weighted by molar-refractivity contribution is 0.0696. The minimum Gasteiger partial charge on any atom is -0.476 e. The molecule has 6 heteroatoms. The van der Waals surface area contributed by atoms with E-state index in [9.17, 15) is 4.79 Å². The summed E-state index contributed by atoms with van der Waals surface area (Å²) in [4.78, 5) is 14.7. The number of nitrogens with one attached hydrogen (secondary N) is 1. The van der Waals surface area contributed by atoms with E-state index in [-0.39, 0.29) is 5.01 Å². The van der Waals surface area contributed by atoms with Gasteiger partial charge in [-0.15, -0.1) is 11.3 Å². The molecule has 0 amide bonds. The predicted molar refractivity (Wildman–Crippen MR) is 61.3 cm³/mol. The first-order valence-electron chi connectivity index (χ1n) is 5.42. The number of rotatable bonds is 4. The Morgan fingerprint density at radius 2 is 2.25 bits per heavy atom. The molecule has 2 N–H and O–H groups in total. The smallest absolute Gasteiger partial charge is 0.365 e. The summed E-state index contributed by atoms with van der Waals surface area (Å²) in [6.45, 7) is 2.75. The molecule has 0 radical (unpaired) electrons. The van der Waals surface area contributed by atoms with Gasteiger partial charge in [-0.1, -0.05) is 6.42 Å². The van der Waals surface area contributed by atoms with Gasteiger partial charge in [-0.3, -0.25) is 0 Å². The number of thiazole rings is 1. The highest BCUT2D eigenvalue weighted by Gasteiger charge is 2.11. The van der Waals surface area contributed by atoms with Crippen molar-refractivity contribution in [2.24, 2.45) is 0 Å². The maximum atomic E-state index is 10.6. The van der Waals surface area contributed by atoms with Gasteiger partial charge in [-0.25, -0.2) is 20.2 Å². The second-order valence-electron chi connectivity index (χ2n) is 3.83. The van der Waals surface area contributed by atoms with Gasteiger partial charge in [-0.2, -0.15) is 0 Å². The Morgan fingerprint density at radius 3 is 2.88 bits per heavy atom. The number of nitrogens with zero attached hydrogens (tertiary/aromatic N) is 2. The normalized spacial score (nSPS) is 17.5. The number of hydrazine groups is 1. The second-order valence-corrected chi connectivity index (χ2v) is 4.69. The Bertz CT molecular complexity index is 361. The fourth-order valence-electron chi connectivity index (χ4n) is 1.73. The molecule has 2 heterocycles. The molecule has 0 aromatic carbocycles. The molecule has 88 valence electrons. The molecule has 0 aliphatic carbocycles. The van der Waals surface area contributed by atoms with Crippen LogP contribution in [-0.2, 0) is 6.54 Å². The minimum absolute atomic E-state index is 0.162. The number of hydrogen-bond donors (Lipinski definition) is 2. The molecule has 1 aromatic heterocycles. The summed E-state index contributed by atoms with van der Waals surface area (Å²) < 4.78 is 0. The summed E-state index contributed by atoms with van der Waals surface area (Å²) >= 11 is 1.18. The van der Waals surface area contributed by atoms with E-state index in [1.54, 1.807) is 5.38 Å². The topological polar surface area (TPSA) is 65.5 Å². The maximum Gasteiger partial charge on any atom is 0.365 e. The molecule has 1 saturated heterocycles. The zero-order chi connectivity index (χ0) is 11.4. The summed E-state index contributed by atoms with van der Waals surface area (Å²) in [6, 6.07) is 0. The quantitative estimate of drug-likeness (QED) is 0.832. The van der Waals surface area contributed by atoms with Crippen LogP contribution in [0.25, 0.3) is 0 Å². The van der Waals surface area contributed by atoms with Crippen molar-refractivity contribution in [2.45, 2.75) is 25.8 Å². The lowest BCUT2D eigenvalue weighted by atomic mass is 10.2. The second kappa shape index (κ2) is 5.38. The minimum atomic E-state index is -0.950. The Balaban J connectivity index is 1.81. The van der Waals surface area contributed by atoms with E-state index in [2.05, 4.69) is 15.4 Å². The van der Waals surface area contributed by atoms with Crippen LogP contribution in [0.3, 0.4) is 0 Å². The molecule has 1 aliphatic heterocycles. The lowest BCUT2D eigenvalue weighted by Gasteiger charge is -2.26. The first kappa shape index (κ1) is 11.5. The Morgan fingerprint density at radius 1 is 1.50 bits per heavy atom. The van der Waals surface area contributed by atoms with E-state index in [4.69, 9.17) is 5.11 Å². The summed E-state index contributed by atoms with van der Waals surface area (Å²) in [5.74, 6) is -0.950. The van der Waals surface area contributed by atoms with Crippen LogP contribution in [0, 0.1) is 0 Å². The van der Waals surface area contributed by atoms with Crippen LogP contribution in [0.15, 0.2) is 5.38 Å². The van der Waals surface area contributed by atoms with Crippen LogP contribution in [0.5, 0.6) is 0 Å². The molecule has 1 aliphatic rings.